The zero-order valence-corrected chi connectivity index (χ0v) is 9.66. The highest BCUT2D eigenvalue weighted by atomic mass is 16.1. The summed E-state index contributed by atoms with van der Waals surface area (Å²) < 4.78 is 0. The van der Waals surface area contributed by atoms with Crippen molar-refractivity contribution in [2.24, 2.45) is 5.73 Å². The van der Waals surface area contributed by atoms with Gasteiger partial charge in [-0.1, -0.05) is 45.0 Å². The number of carbonyl (C=O) groups is 1. The maximum atomic E-state index is 11.7. The zero-order valence-electron chi connectivity index (χ0n) is 9.66. The third-order valence-electron chi connectivity index (χ3n) is 2.64. The number of carbonyl (C=O) groups excluding carboxylic acids is 1. The summed E-state index contributed by atoms with van der Waals surface area (Å²) in [4.78, 5) is 11.7. The van der Waals surface area contributed by atoms with Crippen molar-refractivity contribution in [1.82, 2.24) is 0 Å². The third kappa shape index (κ3) is 2.90. The van der Waals surface area contributed by atoms with Crippen LogP contribution in [-0.4, -0.2) is 11.8 Å². The fraction of sp³-hybridized carbons (Fsp3) is 0.462. The zero-order chi connectivity index (χ0) is 11.4. The van der Waals surface area contributed by atoms with Gasteiger partial charge in [0.25, 0.3) is 0 Å². The molecule has 0 amide bonds. The van der Waals surface area contributed by atoms with Gasteiger partial charge in [0.1, 0.15) is 0 Å². The number of Topliss-reactive ketones (excluding diaryl/α,β-unsaturated/α-hetero) is 1. The van der Waals surface area contributed by atoms with Gasteiger partial charge in [-0.15, -0.1) is 0 Å². The van der Waals surface area contributed by atoms with Gasteiger partial charge in [0, 0.05) is 5.56 Å². The van der Waals surface area contributed by atoms with Gasteiger partial charge in [0.05, 0.1) is 6.04 Å². The van der Waals surface area contributed by atoms with Gasteiger partial charge in [-0.25, -0.2) is 0 Å². The molecule has 0 radical (unpaired) electrons. The van der Waals surface area contributed by atoms with Crippen molar-refractivity contribution >= 4 is 5.78 Å². The second-order valence-electron chi connectivity index (χ2n) is 4.16. The van der Waals surface area contributed by atoms with Gasteiger partial charge in [-0.3, -0.25) is 4.79 Å². The van der Waals surface area contributed by atoms with E-state index in [2.05, 4.69) is 13.8 Å². The molecule has 0 aliphatic carbocycles. The first-order valence-corrected chi connectivity index (χ1v) is 5.46. The molecule has 2 N–H and O–H groups in total. The topological polar surface area (TPSA) is 43.1 Å². The normalized spacial score (nSPS) is 12.9. The van der Waals surface area contributed by atoms with Gasteiger partial charge >= 0.3 is 0 Å². The summed E-state index contributed by atoms with van der Waals surface area (Å²) in [5.41, 5.74) is 7.66. The lowest BCUT2D eigenvalue weighted by atomic mass is 9.98. The molecule has 1 aromatic carbocycles. The minimum Gasteiger partial charge on any atom is -0.321 e. The van der Waals surface area contributed by atoms with E-state index in [1.54, 1.807) is 0 Å². The Kier molecular flexibility index (Phi) is 4.04. The van der Waals surface area contributed by atoms with Crippen LogP contribution < -0.4 is 5.73 Å². The molecule has 0 saturated carbocycles. The average Bonchev–Trinajstić information content (AvgIpc) is 2.27. The van der Waals surface area contributed by atoms with E-state index in [9.17, 15) is 4.79 Å². The van der Waals surface area contributed by atoms with E-state index in [1.807, 2.05) is 31.2 Å². The van der Waals surface area contributed by atoms with E-state index in [-0.39, 0.29) is 11.8 Å². The fourth-order valence-electron chi connectivity index (χ4n) is 1.43. The lowest BCUT2D eigenvalue weighted by molar-refractivity contribution is 0.0959. The summed E-state index contributed by atoms with van der Waals surface area (Å²) in [5.74, 6) is 0.529. The Labute approximate surface area is 91.5 Å². The SMILES string of the molecule is CCC(N)C(=O)c1ccc(C(C)C)cc1. The fourth-order valence-corrected chi connectivity index (χ4v) is 1.43. The molecule has 0 heterocycles. The highest BCUT2D eigenvalue weighted by Gasteiger charge is 2.13. The molecule has 2 heteroatoms. The molecule has 1 unspecified atom stereocenters. The monoisotopic (exact) mass is 205 g/mol. The molecule has 1 rings (SSSR count). The van der Waals surface area contributed by atoms with Gasteiger partial charge in [-0.05, 0) is 17.9 Å². The van der Waals surface area contributed by atoms with E-state index in [4.69, 9.17) is 5.73 Å². The molecular formula is C13H19NO. The lowest BCUT2D eigenvalue weighted by Crippen LogP contribution is -2.29. The van der Waals surface area contributed by atoms with E-state index in [1.165, 1.54) is 5.56 Å². The van der Waals surface area contributed by atoms with Crippen molar-refractivity contribution < 1.29 is 4.79 Å². The van der Waals surface area contributed by atoms with Crippen LogP contribution in [0.5, 0.6) is 0 Å². The Morgan fingerprint density at radius 3 is 2.20 bits per heavy atom. The summed E-state index contributed by atoms with van der Waals surface area (Å²) in [5, 5.41) is 0. The van der Waals surface area contributed by atoms with Crippen molar-refractivity contribution in [2.75, 3.05) is 0 Å². The van der Waals surface area contributed by atoms with Crippen molar-refractivity contribution in [3.8, 4) is 0 Å². The Hall–Kier alpha value is -1.15. The number of ketones is 1. The molecule has 2 nitrogen and oxygen atoms in total. The first kappa shape index (κ1) is 11.9. The summed E-state index contributed by atoms with van der Waals surface area (Å²) >= 11 is 0. The smallest absolute Gasteiger partial charge is 0.179 e. The van der Waals surface area contributed by atoms with E-state index in [0.717, 1.165) is 0 Å². The van der Waals surface area contributed by atoms with Crippen LogP contribution in [0.15, 0.2) is 24.3 Å². The van der Waals surface area contributed by atoms with Crippen LogP contribution in [0, 0.1) is 0 Å². The predicted octanol–water partition coefficient (Wildman–Crippen LogP) is 2.73. The molecule has 1 atom stereocenters. The molecule has 0 aromatic heterocycles. The maximum Gasteiger partial charge on any atom is 0.179 e. The standard InChI is InChI=1S/C13H19NO/c1-4-12(14)13(15)11-7-5-10(6-8-11)9(2)3/h5-9,12H,4,14H2,1-3H3. The molecule has 0 fully saturated rings. The predicted molar refractivity (Wildman–Crippen MR) is 63.1 cm³/mol. The molecular weight excluding hydrogens is 186 g/mol. The largest absolute Gasteiger partial charge is 0.321 e. The molecule has 0 aliphatic heterocycles. The number of hydrogen-bond acceptors (Lipinski definition) is 2. The highest BCUT2D eigenvalue weighted by Crippen LogP contribution is 2.15. The van der Waals surface area contributed by atoms with Crippen LogP contribution in [0.4, 0.5) is 0 Å². The van der Waals surface area contributed by atoms with Crippen molar-refractivity contribution in [3.63, 3.8) is 0 Å². The van der Waals surface area contributed by atoms with E-state index in [0.29, 0.717) is 17.9 Å². The van der Waals surface area contributed by atoms with Crippen LogP contribution in [0.1, 0.15) is 49.0 Å². The molecule has 1 aromatic rings. The number of rotatable bonds is 4. The first-order chi connectivity index (χ1) is 7.06. The quantitative estimate of drug-likeness (QED) is 0.768. The van der Waals surface area contributed by atoms with Crippen LogP contribution in [0.3, 0.4) is 0 Å². The lowest BCUT2D eigenvalue weighted by Gasteiger charge is -2.09. The third-order valence-corrected chi connectivity index (χ3v) is 2.64. The molecule has 82 valence electrons. The Morgan fingerprint density at radius 1 is 1.27 bits per heavy atom. The second-order valence-corrected chi connectivity index (χ2v) is 4.16. The molecule has 0 saturated heterocycles. The summed E-state index contributed by atoms with van der Waals surface area (Å²) in [6.07, 6.45) is 0.685. The Bertz CT molecular complexity index is 327. The highest BCUT2D eigenvalue weighted by molar-refractivity contribution is 5.99. The number of benzene rings is 1. The minimum atomic E-state index is -0.366. The summed E-state index contributed by atoms with van der Waals surface area (Å²) in [6, 6.07) is 7.37. The minimum absolute atomic E-state index is 0.0350. The van der Waals surface area contributed by atoms with Crippen molar-refractivity contribution in [2.45, 2.75) is 39.2 Å². The number of nitrogens with two attached hydrogens (primary N) is 1. The molecule has 0 aliphatic rings. The van der Waals surface area contributed by atoms with E-state index < -0.39 is 0 Å². The maximum absolute atomic E-state index is 11.7. The molecule has 0 bridgehead atoms. The van der Waals surface area contributed by atoms with Gasteiger partial charge in [0.2, 0.25) is 0 Å². The first-order valence-electron chi connectivity index (χ1n) is 5.46. The van der Waals surface area contributed by atoms with Crippen molar-refractivity contribution in [3.05, 3.63) is 35.4 Å². The van der Waals surface area contributed by atoms with Gasteiger partial charge in [0.15, 0.2) is 5.78 Å². The van der Waals surface area contributed by atoms with Crippen LogP contribution in [0.2, 0.25) is 0 Å². The van der Waals surface area contributed by atoms with Crippen LogP contribution in [-0.2, 0) is 0 Å². The average molecular weight is 205 g/mol. The Morgan fingerprint density at radius 2 is 1.80 bits per heavy atom. The summed E-state index contributed by atoms with van der Waals surface area (Å²) in [7, 11) is 0. The van der Waals surface area contributed by atoms with Crippen LogP contribution >= 0.6 is 0 Å². The van der Waals surface area contributed by atoms with Crippen molar-refractivity contribution in [1.29, 1.82) is 0 Å². The van der Waals surface area contributed by atoms with Gasteiger partial charge < -0.3 is 5.73 Å². The second kappa shape index (κ2) is 5.08. The van der Waals surface area contributed by atoms with Gasteiger partial charge in [-0.2, -0.15) is 0 Å². The van der Waals surface area contributed by atoms with Crippen LogP contribution in [0.25, 0.3) is 0 Å². The van der Waals surface area contributed by atoms with E-state index >= 15 is 0 Å². The Balaban J connectivity index is 2.84. The molecule has 15 heavy (non-hydrogen) atoms. The summed E-state index contributed by atoms with van der Waals surface area (Å²) in [6.45, 7) is 6.19. The number of hydrogen-bond donors (Lipinski definition) is 1. The molecule has 0 spiro atoms.